The number of aromatic nitrogens is 2. The largest absolute Gasteiger partial charge is 0.497 e. The fraction of sp³-hybridized carbons (Fsp3) is 0.333. The maximum Gasteiger partial charge on any atom is 0.220 e. The highest BCUT2D eigenvalue weighted by molar-refractivity contribution is 7.89. The minimum Gasteiger partial charge on any atom is -0.497 e. The van der Waals surface area contributed by atoms with Gasteiger partial charge in [-0.3, -0.25) is 0 Å². The van der Waals surface area contributed by atoms with Gasteiger partial charge in [0.1, 0.15) is 22.9 Å². The van der Waals surface area contributed by atoms with E-state index in [0.717, 1.165) is 16.7 Å². The van der Waals surface area contributed by atoms with Crippen LogP contribution in [0, 0.1) is 6.92 Å². The van der Waals surface area contributed by atoms with Crippen LogP contribution in [-0.4, -0.2) is 48.8 Å². The van der Waals surface area contributed by atoms with Crippen molar-refractivity contribution in [1.29, 1.82) is 0 Å². The Bertz CT molecular complexity index is 1160. The van der Waals surface area contributed by atoms with E-state index < -0.39 is 21.4 Å². The summed E-state index contributed by atoms with van der Waals surface area (Å²) in [5, 5.41) is -0.961. The normalized spacial score (nSPS) is 13.2. The summed E-state index contributed by atoms with van der Waals surface area (Å²) in [5.74, 6) is 1.71. The summed E-state index contributed by atoms with van der Waals surface area (Å²) in [6.45, 7) is 7.70. The van der Waals surface area contributed by atoms with Crippen LogP contribution in [0.15, 0.2) is 73.6 Å². The van der Waals surface area contributed by atoms with E-state index >= 15 is 0 Å². The second-order valence-electron chi connectivity index (χ2n) is 8.38. The predicted octanol–water partition coefficient (Wildman–Crippen LogP) is 4.47. The number of sulfonamides is 1. The average Bonchev–Trinajstić information content (AvgIpc) is 2.90. The third-order valence-electron chi connectivity index (χ3n) is 5.74. The second kappa shape index (κ2) is 12.6. The van der Waals surface area contributed by atoms with Crippen LogP contribution >= 0.6 is 0 Å². The fourth-order valence-corrected chi connectivity index (χ4v) is 5.28. The molecule has 0 saturated carbocycles. The highest BCUT2D eigenvalue weighted by Crippen LogP contribution is 2.29. The monoisotopic (exact) mass is 511 g/mol. The smallest absolute Gasteiger partial charge is 0.220 e. The van der Waals surface area contributed by atoms with E-state index in [4.69, 9.17) is 14.2 Å². The molecule has 0 aliphatic heterocycles. The second-order valence-corrected chi connectivity index (χ2v) is 10.7. The van der Waals surface area contributed by atoms with Crippen molar-refractivity contribution < 1.29 is 22.6 Å². The molecule has 0 spiro atoms. The molecule has 0 bridgehead atoms. The summed E-state index contributed by atoms with van der Waals surface area (Å²) in [6, 6.07) is 14.7. The predicted molar refractivity (Wildman–Crippen MR) is 139 cm³/mol. The van der Waals surface area contributed by atoms with Crippen LogP contribution in [0.3, 0.4) is 0 Å². The molecule has 1 unspecified atom stereocenters. The zero-order valence-corrected chi connectivity index (χ0v) is 21.9. The first kappa shape index (κ1) is 27.3. The Kier molecular flexibility index (Phi) is 9.58. The van der Waals surface area contributed by atoms with Crippen LogP contribution in [-0.2, 0) is 27.8 Å². The molecule has 0 aliphatic rings. The molecule has 36 heavy (non-hydrogen) atoms. The molecule has 2 atom stereocenters. The van der Waals surface area contributed by atoms with Gasteiger partial charge in [0.15, 0.2) is 5.82 Å². The first-order chi connectivity index (χ1) is 17.3. The molecule has 1 heterocycles. The van der Waals surface area contributed by atoms with E-state index in [-0.39, 0.29) is 19.7 Å². The molecule has 8 nitrogen and oxygen atoms in total. The van der Waals surface area contributed by atoms with Crippen molar-refractivity contribution in [2.75, 3.05) is 20.8 Å². The van der Waals surface area contributed by atoms with Gasteiger partial charge in [-0.05, 0) is 54.8 Å². The molecule has 9 heteroatoms. The molecular weight excluding hydrogens is 478 g/mol. The van der Waals surface area contributed by atoms with E-state index in [9.17, 15) is 8.42 Å². The highest BCUT2D eigenvalue weighted by atomic mass is 32.2. The quantitative estimate of drug-likeness (QED) is 0.313. The zero-order chi connectivity index (χ0) is 26.1. The molecule has 0 fully saturated rings. The SMILES string of the molecule is C=CCOC(c1ncc(C)cn1)[C@H](C)S(=O)(=O)N(Cc1ccc(OC)cc1)Cc1ccc(OC)cc1. The number of hydrogen-bond acceptors (Lipinski definition) is 7. The van der Waals surface area contributed by atoms with Gasteiger partial charge in [0.25, 0.3) is 0 Å². The lowest BCUT2D eigenvalue weighted by Gasteiger charge is -2.30. The number of methoxy groups -OCH3 is 2. The van der Waals surface area contributed by atoms with Crippen LogP contribution in [0.4, 0.5) is 0 Å². The van der Waals surface area contributed by atoms with Crippen molar-refractivity contribution in [3.63, 3.8) is 0 Å². The fourth-order valence-electron chi connectivity index (χ4n) is 3.64. The maximum atomic E-state index is 14.0. The standard InChI is InChI=1S/C27H33N3O5S/c1-6-15-35-26(27-28-16-20(2)17-29-27)21(3)36(31,32)30(18-22-7-11-24(33-4)12-8-22)19-23-9-13-25(34-5)14-10-23/h6-14,16-17,21,26H,1,15,18-19H2,2-5H3/t21-,26?/m0/s1. The van der Waals surface area contributed by atoms with Gasteiger partial charge < -0.3 is 14.2 Å². The number of ether oxygens (including phenoxy) is 3. The van der Waals surface area contributed by atoms with E-state index in [1.54, 1.807) is 39.6 Å². The highest BCUT2D eigenvalue weighted by Gasteiger charge is 2.37. The number of nitrogens with zero attached hydrogens (tertiary/aromatic N) is 3. The Morgan fingerprint density at radius 1 is 0.917 bits per heavy atom. The molecule has 1 aromatic heterocycles. The minimum absolute atomic E-state index is 0.165. The molecule has 3 rings (SSSR count). The van der Waals surface area contributed by atoms with E-state index in [1.807, 2.05) is 55.5 Å². The van der Waals surface area contributed by atoms with Gasteiger partial charge in [-0.15, -0.1) is 6.58 Å². The van der Waals surface area contributed by atoms with E-state index in [0.29, 0.717) is 17.3 Å². The molecule has 0 aliphatic carbocycles. The van der Waals surface area contributed by atoms with Crippen molar-refractivity contribution in [3.05, 3.63) is 96.1 Å². The molecule has 0 radical (unpaired) electrons. The van der Waals surface area contributed by atoms with Gasteiger partial charge >= 0.3 is 0 Å². The Morgan fingerprint density at radius 2 is 1.39 bits per heavy atom. The third-order valence-corrected chi connectivity index (χ3v) is 7.91. The van der Waals surface area contributed by atoms with Crippen molar-refractivity contribution >= 4 is 10.0 Å². The lowest BCUT2D eigenvalue weighted by atomic mass is 10.2. The van der Waals surface area contributed by atoms with Crippen molar-refractivity contribution in [2.45, 2.75) is 38.3 Å². The zero-order valence-electron chi connectivity index (χ0n) is 21.1. The van der Waals surface area contributed by atoms with Crippen molar-refractivity contribution in [3.8, 4) is 11.5 Å². The molecular formula is C27H33N3O5S. The van der Waals surface area contributed by atoms with Gasteiger partial charge in [-0.2, -0.15) is 4.31 Å². The number of aryl methyl sites for hydroxylation is 1. The molecule has 0 amide bonds. The van der Waals surface area contributed by atoms with Gasteiger partial charge in [0.2, 0.25) is 10.0 Å². The Labute approximate surface area is 213 Å². The topological polar surface area (TPSA) is 90.9 Å². The lowest BCUT2D eigenvalue weighted by Crippen LogP contribution is -2.40. The van der Waals surface area contributed by atoms with Crippen molar-refractivity contribution in [2.24, 2.45) is 0 Å². The average molecular weight is 512 g/mol. The first-order valence-electron chi connectivity index (χ1n) is 11.5. The minimum atomic E-state index is -3.89. The number of rotatable bonds is 13. The van der Waals surface area contributed by atoms with Crippen molar-refractivity contribution in [1.82, 2.24) is 14.3 Å². The molecule has 3 aromatic rings. The summed E-state index contributed by atoms with van der Waals surface area (Å²) in [7, 11) is -0.703. The molecule has 2 aromatic carbocycles. The first-order valence-corrected chi connectivity index (χ1v) is 13.0. The van der Waals surface area contributed by atoms with Crippen LogP contribution in [0.5, 0.6) is 11.5 Å². The summed E-state index contributed by atoms with van der Waals surface area (Å²) in [6.07, 6.45) is 4.01. The summed E-state index contributed by atoms with van der Waals surface area (Å²) < 4.78 is 45.9. The summed E-state index contributed by atoms with van der Waals surface area (Å²) in [5.41, 5.74) is 2.53. The third kappa shape index (κ3) is 6.90. The van der Waals surface area contributed by atoms with Gasteiger partial charge in [0, 0.05) is 25.5 Å². The van der Waals surface area contributed by atoms with Gasteiger partial charge in [0.05, 0.1) is 20.8 Å². The van der Waals surface area contributed by atoms with Gasteiger partial charge in [-0.25, -0.2) is 18.4 Å². The summed E-state index contributed by atoms with van der Waals surface area (Å²) >= 11 is 0. The van der Waals surface area contributed by atoms with Crippen LogP contribution in [0.2, 0.25) is 0 Å². The Morgan fingerprint density at radius 3 is 1.81 bits per heavy atom. The molecule has 0 saturated heterocycles. The maximum absolute atomic E-state index is 14.0. The summed E-state index contributed by atoms with van der Waals surface area (Å²) in [4.78, 5) is 8.70. The lowest BCUT2D eigenvalue weighted by molar-refractivity contribution is 0.0654. The number of hydrogen-bond donors (Lipinski definition) is 0. The van der Waals surface area contributed by atoms with Crippen LogP contribution in [0.1, 0.15) is 35.5 Å². The molecule has 192 valence electrons. The van der Waals surface area contributed by atoms with E-state index in [2.05, 4.69) is 16.5 Å². The Hall–Kier alpha value is -3.27. The van der Waals surface area contributed by atoms with E-state index in [1.165, 1.54) is 4.31 Å². The number of benzene rings is 2. The van der Waals surface area contributed by atoms with Crippen LogP contribution < -0.4 is 9.47 Å². The van der Waals surface area contributed by atoms with Gasteiger partial charge in [-0.1, -0.05) is 30.3 Å². The molecule has 0 N–H and O–H groups in total. The van der Waals surface area contributed by atoms with Crippen LogP contribution in [0.25, 0.3) is 0 Å². The Balaban J connectivity index is 1.97.